The van der Waals surface area contributed by atoms with Crippen molar-refractivity contribution in [2.24, 2.45) is 0 Å². The Hall–Kier alpha value is -3.63. The number of carbonyl (C=O) groups excluding carboxylic acids is 2. The Morgan fingerprint density at radius 1 is 1.34 bits per heavy atom. The van der Waals surface area contributed by atoms with E-state index < -0.39 is 6.29 Å². The molecule has 1 aromatic carbocycles. The maximum absolute atomic E-state index is 13.3. The van der Waals surface area contributed by atoms with Crippen LogP contribution in [0.25, 0.3) is 23.0 Å². The number of hydrogen-bond acceptors (Lipinski definition) is 7. The van der Waals surface area contributed by atoms with Gasteiger partial charge >= 0.3 is 6.09 Å². The molecule has 1 saturated heterocycles. The van der Waals surface area contributed by atoms with Gasteiger partial charge in [0.2, 0.25) is 6.29 Å². The predicted octanol–water partition coefficient (Wildman–Crippen LogP) is 4.24. The largest absolute Gasteiger partial charge is 0.460 e. The van der Waals surface area contributed by atoms with Crippen LogP contribution in [0.3, 0.4) is 0 Å². The van der Waals surface area contributed by atoms with E-state index in [1.54, 1.807) is 28.0 Å². The monoisotopic (exact) mass is 494 g/mol. The summed E-state index contributed by atoms with van der Waals surface area (Å²) >= 11 is 1.55. The molecule has 2 aromatic heterocycles. The first-order chi connectivity index (χ1) is 17.0. The molecule has 35 heavy (non-hydrogen) atoms. The van der Waals surface area contributed by atoms with Crippen molar-refractivity contribution in [1.29, 1.82) is 0 Å². The van der Waals surface area contributed by atoms with Gasteiger partial charge in [0.25, 0.3) is 5.91 Å². The van der Waals surface area contributed by atoms with Gasteiger partial charge in [0.05, 0.1) is 23.5 Å². The summed E-state index contributed by atoms with van der Waals surface area (Å²) in [4.78, 5) is 26.5. The first-order valence-corrected chi connectivity index (χ1v) is 12.2. The summed E-state index contributed by atoms with van der Waals surface area (Å²) in [5, 5.41) is 11.5. The summed E-state index contributed by atoms with van der Waals surface area (Å²) in [6, 6.07) is 7.90. The molecule has 2 aliphatic heterocycles. The molecule has 1 fully saturated rings. The van der Waals surface area contributed by atoms with Crippen LogP contribution >= 0.6 is 11.3 Å². The third-order valence-corrected chi connectivity index (χ3v) is 6.47. The molecule has 5 rings (SSSR count). The second-order valence-corrected chi connectivity index (χ2v) is 9.30. The fourth-order valence-corrected chi connectivity index (χ4v) is 4.87. The molecule has 0 spiro atoms. The van der Waals surface area contributed by atoms with Crippen molar-refractivity contribution in [3.8, 4) is 22.7 Å². The third kappa shape index (κ3) is 4.42. The standard InChI is InChI=1S/C25H26N4O5S/c1-15(2)12-16-4-5-19-18(13-16)22-20(24(32-3)34-19)21(27-29(22)17-6-11-35-14-17)23(30)26-7-8-28-9-10-33-25(28)31/h4-6,11-14,24H,7-10H2,1-3H3,(H,26,30). The Bertz CT molecular complexity index is 1290. The molecule has 2 aliphatic rings. The maximum atomic E-state index is 13.3. The van der Waals surface area contributed by atoms with Gasteiger partial charge in [-0.25, -0.2) is 9.48 Å². The molecule has 0 aliphatic carbocycles. The average molecular weight is 495 g/mol. The number of thiophene rings is 1. The van der Waals surface area contributed by atoms with E-state index in [0.717, 1.165) is 22.5 Å². The normalized spacial score (nSPS) is 16.3. The maximum Gasteiger partial charge on any atom is 0.409 e. The lowest BCUT2D eigenvalue weighted by molar-refractivity contribution is -0.0582. The van der Waals surface area contributed by atoms with Crippen molar-refractivity contribution in [3.63, 3.8) is 0 Å². The summed E-state index contributed by atoms with van der Waals surface area (Å²) in [6.07, 6.45) is 0.925. The summed E-state index contributed by atoms with van der Waals surface area (Å²) in [6.45, 7) is 5.60. The third-order valence-electron chi connectivity index (χ3n) is 5.80. The van der Waals surface area contributed by atoms with Gasteiger partial charge in [0.15, 0.2) is 5.69 Å². The van der Waals surface area contributed by atoms with Crippen molar-refractivity contribution < 1.29 is 23.8 Å². The summed E-state index contributed by atoms with van der Waals surface area (Å²) in [7, 11) is 1.54. The van der Waals surface area contributed by atoms with Crippen LogP contribution in [0.4, 0.5) is 4.79 Å². The number of fused-ring (bicyclic) bond motifs is 3. The highest BCUT2D eigenvalue weighted by molar-refractivity contribution is 7.08. The smallest absolute Gasteiger partial charge is 0.409 e. The number of amides is 2. The highest BCUT2D eigenvalue weighted by atomic mass is 32.1. The lowest BCUT2D eigenvalue weighted by atomic mass is 9.98. The number of rotatable bonds is 7. The molecular weight excluding hydrogens is 468 g/mol. The minimum absolute atomic E-state index is 0.223. The van der Waals surface area contributed by atoms with Crippen molar-refractivity contribution in [3.05, 3.63) is 57.4 Å². The average Bonchev–Trinajstić information content (AvgIpc) is 3.58. The lowest BCUT2D eigenvalue weighted by Crippen LogP contribution is -2.36. The topological polar surface area (TPSA) is 94.9 Å². The molecule has 10 heteroatoms. The zero-order chi connectivity index (χ0) is 24.5. The van der Waals surface area contributed by atoms with Gasteiger partial charge in [0, 0.05) is 31.1 Å². The summed E-state index contributed by atoms with van der Waals surface area (Å²) < 4.78 is 18.5. The molecule has 1 atom stereocenters. The quantitative estimate of drug-likeness (QED) is 0.528. The Morgan fingerprint density at radius 2 is 2.20 bits per heavy atom. The SMILES string of the molecule is COC1Oc2ccc(C=C(C)C)cc2-c2c1c(C(=O)NCCN1CCOC1=O)nn2-c1ccsc1. The van der Waals surface area contributed by atoms with Gasteiger partial charge in [-0.1, -0.05) is 17.7 Å². The van der Waals surface area contributed by atoms with Crippen LogP contribution in [0.15, 0.2) is 40.6 Å². The van der Waals surface area contributed by atoms with Crippen LogP contribution in [0.1, 0.15) is 41.8 Å². The van der Waals surface area contributed by atoms with E-state index in [-0.39, 0.29) is 24.2 Å². The number of nitrogens with zero attached hydrogens (tertiary/aromatic N) is 3. The van der Waals surface area contributed by atoms with E-state index >= 15 is 0 Å². The summed E-state index contributed by atoms with van der Waals surface area (Å²) in [5.41, 5.74) is 5.43. The van der Waals surface area contributed by atoms with E-state index in [2.05, 4.69) is 11.4 Å². The number of allylic oxidation sites excluding steroid dienone is 1. The fourth-order valence-electron chi connectivity index (χ4n) is 4.26. The van der Waals surface area contributed by atoms with Gasteiger partial charge < -0.3 is 24.4 Å². The molecule has 1 N–H and O–H groups in total. The lowest BCUT2D eigenvalue weighted by Gasteiger charge is -2.26. The number of benzene rings is 1. The first kappa shape index (κ1) is 23.1. The van der Waals surface area contributed by atoms with Gasteiger partial charge in [-0.15, -0.1) is 0 Å². The second-order valence-electron chi connectivity index (χ2n) is 8.52. The van der Waals surface area contributed by atoms with E-state index in [1.807, 2.05) is 48.9 Å². The Morgan fingerprint density at radius 3 is 2.89 bits per heavy atom. The number of methoxy groups -OCH3 is 1. The Balaban J connectivity index is 1.56. The number of hydrogen-bond donors (Lipinski definition) is 1. The first-order valence-electron chi connectivity index (χ1n) is 11.3. The number of cyclic esters (lactones) is 1. The van der Waals surface area contributed by atoms with Gasteiger partial charge in [-0.2, -0.15) is 16.4 Å². The molecular formula is C25H26N4O5S. The van der Waals surface area contributed by atoms with E-state index in [0.29, 0.717) is 31.0 Å². The Labute approximate surface area is 206 Å². The molecule has 4 heterocycles. The molecule has 3 aromatic rings. The van der Waals surface area contributed by atoms with Crippen LogP contribution in [-0.2, 0) is 9.47 Å². The van der Waals surface area contributed by atoms with Crippen LogP contribution in [-0.4, -0.2) is 60.0 Å². The predicted molar refractivity (Wildman–Crippen MR) is 132 cm³/mol. The Kier molecular flexibility index (Phi) is 6.31. The second kappa shape index (κ2) is 9.55. The molecule has 0 radical (unpaired) electrons. The number of ether oxygens (including phenoxy) is 3. The van der Waals surface area contributed by atoms with Crippen molar-refractivity contribution >= 4 is 29.4 Å². The molecule has 9 nitrogen and oxygen atoms in total. The van der Waals surface area contributed by atoms with Gasteiger partial charge in [-0.05, 0) is 43.0 Å². The van der Waals surface area contributed by atoms with E-state index in [4.69, 9.17) is 19.3 Å². The zero-order valence-corrected chi connectivity index (χ0v) is 20.6. The van der Waals surface area contributed by atoms with Crippen molar-refractivity contribution in [2.45, 2.75) is 20.1 Å². The highest BCUT2D eigenvalue weighted by Crippen LogP contribution is 2.45. The number of carbonyl (C=O) groups is 2. The van der Waals surface area contributed by atoms with Crippen LogP contribution < -0.4 is 10.1 Å². The molecule has 182 valence electrons. The van der Waals surface area contributed by atoms with Gasteiger partial charge in [-0.3, -0.25) is 4.79 Å². The van der Waals surface area contributed by atoms with E-state index in [1.165, 1.54) is 5.57 Å². The highest BCUT2D eigenvalue weighted by Gasteiger charge is 2.37. The molecule has 1 unspecified atom stereocenters. The number of aromatic nitrogens is 2. The molecule has 2 amide bonds. The minimum atomic E-state index is -0.798. The molecule has 0 bridgehead atoms. The fraction of sp³-hybridized carbons (Fsp3) is 0.320. The zero-order valence-electron chi connectivity index (χ0n) is 19.7. The number of nitrogens with one attached hydrogen (secondary N) is 1. The molecule has 0 saturated carbocycles. The van der Waals surface area contributed by atoms with Crippen molar-refractivity contribution in [1.82, 2.24) is 20.0 Å². The van der Waals surface area contributed by atoms with Crippen molar-refractivity contribution in [2.75, 3.05) is 33.4 Å². The van der Waals surface area contributed by atoms with Crippen LogP contribution in [0.5, 0.6) is 5.75 Å². The minimum Gasteiger partial charge on any atom is -0.460 e. The van der Waals surface area contributed by atoms with E-state index in [9.17, 15) is 9.59 Å². The summed E-state index contributed by atoms with van der Waals surface area (Å²) in [5.74, 6) is 0.295. The van der Waals surface area contributed by atoms with Gasteiger partial charge in [0.1, 0.15) is 12.4 Å². The van der Waals surface area contributed by atoms with Crippen LogP contribution in [0.2, 0.25) is 0 Å². The van der Waals surface area contributed by atoms with Crippen LogP contribution in [0, 0.1) is 0 Å².